The molecule has 2 rings (SSSR count). The highest BCUT2D eigenvalue weighted by molar-refractivity contribution is 7.99. The minimum absolute atomic E-state index is 0.0665. The van der Waals surface area contributed by atoms with Crippen molar-refractivity contribution >= 4 is 17.7 Å². The van der Waals surface area contributed by atoms with E-state index in [1.807, 2.05) is 11.8 Å². The van der Waals surface area contributed by atoms with Gasteiger partial charge in [0.2, 0.25) is 5.91 Å². The fourth-order valence-electron chi connectivity index (χ4n) is 2.73. The number of amides is 1. The lowest BCUT2D eigenvalue weighted by atomic mass is 10.0. The first-order valence-corrected chi connectivity index (χ1v) is 7.66. The zero-order valence-corrected chi connectivity index (χ0v) is 10.8. The van der Waals surface area contributed by atoms with Crippen molar-refractivity contribution in [2.75, 3.05) is 12.8 Å². The molecule has 0 aromatic carbocycles. The van der Waals surface area contributed by atoms with Crippen molar-refractivity contribution in [3.63, 3.8) is 0 Å². The molecule has 1 heterocycles. The average molecular weight is 242 g/mol. The van der Waals surface area contributed by atoms with Crippen LogP contribution in [0, 0.1) is 0 Å². The van der Waals surface area contributed by atoms with Crippen LogP contribution in [0.5, 0.6) is 0 Å². The van der Waals surface area contributed by atoms with Crippen molar-refractivity contribution in [3.05, 3.63) is 0 Å². The van der Waals surface area contributed by atoms with Crippen molar-refractivity contribution in [2.45, 2.75) is 55.9 Å². The molecular weight excluding hydrogens is 220 g/mol. The Morgan fingerprint density at radius 2 is 2.12 bits per heavy atom. The van der Waals surface area contributed by atoms with Crippen LogP contribution in [0.3, 0.4) is 0 Å². The van der Waals surface area contributed by atoms with E-state index in [1.54, 1.807) is 0 Å². The Morgan fingerprint density at radius 3 is 2.81 bits per heavy atom. The average Bonchev–Trinajstić information content (AvgIpc) is 2.77. The van der Waals surface area contributed by atoms with Gasteiger partial charge in [0.15, 0.2) is 0 Å². The Labute approximate surface area is 102 Å². The van der Waals surface area contributed by atoms with Crippen molar-refractivity contribution in [1.29, 1.82) is 0 Å². The van der Waals surface area contributed by atoms with Gasteiger partial charge in [-0.05, 0) is 38.5 Å². The zero-order valence-electron chi connectivity index (χ0n) is 10.00. The van der Waals surface area contributed by atoms with Gasteiger partial charge in [0, 0.05) is 11.3 Å². The highest BCUT2D eigenvalue weighted by atomic mass is 32.2. The van der Waals surface area contributed by atoms with Gasteiger partial charge in [0.1, 0.15) is 0 Å². The van der Waals surface area contributed by atoms with Crippen LogP contribution in [0.2, 0.25) is 0 Å². The van der Waals surface area contributed by atoms with Crippen LogP contribution in [0.15, 0.2) is 0 Å². The number of carbonyl (C=O) groups excluding carboxylic acids is 1. The van der Waals surface area contributed by atoms with Gasteiger partial charge < -0.3 is 10.6 Å². The highest BCUT2D eigenvalue weighted by Gasteiger charge is 2.30. The Kier molecular flexibility index (Phi) is 4.53. The summed E-state index contributed by atoms with van der Waals surface area (Å²) in [6, 6.07) is 0.475. The van der Waals surface area contributed by atoms with E-state index >= 15 is 0 Å². The highest BCUT2D eigenvalue weighted by Crippen LogP contribution is 2.28. The lowest BCUT2D eigenvalue weighted by Gasteiger charge is -2.26. The van der Waals surface area contributed by atoms with Crippen LogP contribution >= 0.6 is 11.8 Å². The summed E-state index contributed by atoms with van der Waals surface area (Å²) in [6.07, 6.45) is 9.21. The molecule has 2 N–H and O–H groups in total. The fraction of sp³-hybridized carbons (Fsp3) is 0.917. The van der Waals surface area contributed by atoms with Crippen LogP contribution in [0.1, 0.15) is 38.5 Å². The largest absolute Gasteiger partial charge is 0.351 e. The third kappa shape index (κ3) is 2.92. The van der Waals surface area contributed by atoms with Crippen LogP contribution < -0.4 is 10.6 Å². The van der Waals surface area contributed by atoms with Gasteiger partial charge in [0.25, 0.3) is 0 Å². The second-order valence-corrected chi connectivity index (χ2v) is 5.90. The van der Waals surface area contributed by atoms with Crippen molar-refractivity contribution in [2.24, 2.45) is 0 Å². The summed E-state index contributed by atoms with van der Waals surface area (Å²) in [6.45, 7) is 0.995. The Morgan fingerprint density at radius 1 is 1.25 bits per heavy atom. The monoisotopic (exact) mass is 242 g/mol. The molecule has 3 nitrogen and oxygen atoms in total. The Balaban J connectivity index is 1.81. The second kappa shape index (κ2) is 5.92. The van der Waals surface area contributed by atoms with E-state index in [2.05, 4.69) is 16.9 Å². The summed E-state index contributed by atoms with van der Waals surface area (Å²) in [5.41, 5.74) is 0. The molecule has 0 radical (unpaired) electrons. The molecule has 1 aliphatic carbocycles. The van der Waals surface area contributed by atoms with Crippen LogP contribution in [0.25, 0.3) is 0 Å². The summed E-state index contributed by atoms with van der Waals surface area (Å²) in [4.78, 5) is 12.0. The number of rotatable bonds is 3. The van der Waals surface area contributed by atoms with E-state index in [9.17, 15) is 4.79 Å². The molecule has 2 aliphatic rings. The molecule has 0 aromatic heterocycles. The fourth-order valence-corrected chi connectivity index (χ4v) is 3.67. The standard InChI is InChI=1S/C12H22N2OS/c1-16-11-7-4-6-9(11)14-12(15)10-5-2-3-8-13-10/h9-11,13H,2-8H2,1H3,(H,14,15)/t9?,10-,11?/m1/s1. The Hall–Kier alpha value is -0.220. The molecule has 3 atom stereocenters. The first-order valence-electron chi connectivity index (χ1n) is 6.38. The van der Waals surface area contributed by atoms with E-state index in [-0.39, 0.29) is 11.9 Å². The van der Waals surface area contributed by atoms with Crippen molar-refractivity contribution < 1.29 is 4.79 Å². The molecule has 0 spiro atoms. The molecule has 16 heavy (non-hydrogen) atoms. The molecule has 0 aromatic rings. The third-order valence-corrected chi connectivity index (χ3v) is 4.88. The van der Waals surface area contributed by atoms with Gasteiger partial charge >= 0.3 is 0 Å². The van der Waals surface area contributed by atoms with E-state index in [0.717, 1.165) is 19.4 Å². The van der Waals surface area contributed by atoms with Gasteiger partial charge in [-0.2, -0.15) is 11.8 Å². The first-order chi connectivity index (χ1) is 7.81. The van der Waals surface area contributed by atoms with Crippen molar-refractivity contribution in [3.8, 4) is 0 Å². The molecule has 0 bridgehead atoms. The van der Waals surface area contributed by atoms with E-state index in [1.165, 1.54) is 25.7 Å². The summed E-state index contributed by atoms with van der Waals surface area (Å²) in [7, 11) is 0. The maximum Gasteiger partial charge on any atom is 0.237 e. The van der Waals surface area contributed by atoms with Gasteiger partial charge in [-0.25, -0.2) is 0 Å². The molecule has 1 amide bonds. The van der Waals surface area contributed by atoms with Gasteiger partial charge in [-0.15, -0.1) is 0 Å². The molecular formula is C12H22N2OS. The number of hydrogen-bond acceptors (Lipinski definition) is 3. The van der Waals surface area contributed by atoms with Gasteiger partial charge in [-0.3, -0.25) is 4.79 Å². The van der Waals surface area contributed by atoms with E-state index < -0.39 is 0 Å². The van der Waals surface area contributed by atoms with Crippen LogP contribution in [-0.2, 0) is 4.79 Å². The molecule has 4 heteroatoms. The molecule has 92 valence electrons. The normalized spacial score (nSPS) is 34.9. The van der Waals surface area contributed by atoms with Crippen LogP contribution in [0.4, 0.5) is 0 Å². The second-order valence-electron chi connectivity index (χ2n) is 4.82. The predicted octanol–water partition coefficient (Wildman–Crippen LogP) is 1.53. The predicted molar refractivity (Wildman–Crippen MR) is 68.7 cm³/mol. The maximum absolute atomic E-state index is 12.0. The topological polar surface area (TPSA) is 41.1 Å². The number of thioether (sulfide) groups is 1. The summed E-state index contributed by atoms with van der Waals surface area (Å²) < 4.78 is 0. The minimum Gasteiger partial charge on any atom is -0.351 e. The lowest BCUT2D eigenvalue weighted by Crippen LogP contribution is -2.50. The number of piperidine rings is 1. The van der Waals surface area contributed by atoms with E-state index in [0.29, 0.717) is 11.3 Å². The lowest BCUT2D eigenvalue weighted by molar-refractivity contribution is -0.124. The summed E-state index contributed by atoms with van der Waals surface area (Å²) in [5.74, 6) is 0.227. The quantitative estimate of drug-likeness (QED) is 0.788. The van der Waals surface area contributed by atoms with Crippen molar-refractivity contribution in [1.82, 2.24) is 10.6 Å². The molecule has 2 unspecified atom stereocenters. The van der Waals surface area contributed by atoms with E-state index in [4.69, 9.17) is 0 Å². The SMILES string of the molecule is CSC1CCCC1NC(=O)[C@H]1CCCCN1. The molecule has 1 aliphatic heterocycles. The summed E-state index contributed by atoms with van der Waals surface area (Å²) >= 11 is 1.89. The maximum atomic E-state index is 12.0. The number of hydrogen-bond donors (Lipinski definition) is 2. The number of carbonyl (C=O) groups is 1. The van der Waals surface area contributed by atoms with Gasteiger partial charge in [-0.1, -0.05) is 12.8 Å². The number of nitrogens with one attached hydrogen (secondary N) is 2. The Bertz CT molecular complexity index is 241. The zero-order chi connectivity index (χ0) is 11.4. The molecule has 1 saturated carbocycles. The molecule has 1 saturated heterocycles. The van der Waals surface area contributed by atoms with Gasteiger partial charge in [0.05, 0.1) is 6.04 Å². The minimum atomic E-state index is 0.0665. The third-order valence-electron chi connectivity index (χ3n) is 3.71. The first kappa shape index (κ1) is 12.2. The van der Waals surface area contributed by atoms with Crippen LogP contribution in [-0.4, -0.2) is 36.0 Å². The molecule has 2 fully saturated rings. The summed E-state index contributed by atoms with van der Waals surface area (Å²) in [5, 5.41) is 7.17. The smallest absolute Gasteiger partial charge is 0.237 e.